The van der Waals surface area contributed by atoms with Gasteiger partial charge in [0.15, 0.2) is 0 Å². The van der Waals surface area contributed by atoms with E-state index in [-0.39, 0.29) is 24.9 Å². The molecule has 0 aliphatic rings. The van der Waals surface area contributed by atoms with Gasteiger partial charge in [0.2, 0.25) is 5.91 Å². The highest BCUT2D eigenvalue weighted by atomic mass is 16.5. The van der Waals surface area contributed by atoms with Gasteiger partial charge >= 0.3 is 5.97 Å². The van der Waals surface area contributed by atoms with E-state index in [1.54, 1.807) is 0 Å². The van der Waals surface area contributed by atoms with Crippen LogP contribution in [0.4, 0.5) is 0 Å². The zero-order valence-corrected chi connectivity index (χ0v) is 41.0. The third-order valence-electron chi connectivity index (χ3n) is 12.0. The van der Waals surface area contributed by atoms with Gasteiger partial charge in [-0.1, -0.05) is 261 Å². The second kappa shape index (κ2) is 49.6. The number of aliphatic hydroxyl groups excluding tert-OH is 2. The molecule has 0 radical (unpaired) electrons. The number of carbonyl (C=O) groups is 2. The second-order valence-electron chi connectivity index (χ2n) is 18.0. The Labute approximate surface area is 384 Å². The Morgan fingerprint density at radius 3 is 1.31 bits per heavy atom. The Morgan fingerprint density at radius 2 is 0.871 bits per heavy atom. The van der Waals surface area contributed by atoms with Crippen LogP contribution in [0.3, 0.4) is 0 Å². The fourth-order valence-electron chi connectivity index (χ4n) is 7.98. The highest BCUT2D eigenvalue weighted by Crippen LogP contribution is 2.18. The average Bonchev–Trinajstić information content (AvgIpc) is 3.26. The van der Waals surface area contributed by atoms with E-state index < -0.39 is 18.2 Å². The maximum atomic E-state index is 13.2. The molecular formula is C56H101NO5. The summed E-state index contributed by atoms with van der Waals surface area (Å²) in [5.41, 5.74) is 0. The number of esters is 1. The Hall–Kier alpha value is -2.44. The number of unbranched alkanes of at least 4 members (excludes halogenated alkanes) is 29. The van der Waals surface area contributed by atoms with Crippen LogP contribution in [0.2, 0.25) is 0 Å². The van der Waals surface area contributed by atoms with Crippen molar-refractivity contribution < 1.29 is 24.5 Å². The molecule has 0 saturated heterocycles. The van der Waals surface area contributed by atoms with Crippen molar-refractivity contribution in [2.24, 2.45) is 0 Å². The lowest BCUT2D eigenvalue weighted by atomic mass is 10.0. The third kappa shape index (κ3) is 44.2. The standard InChI is InChI=1S/C56H101NO5/c1-4-7-10-13-16-19-22-24-26-27-29-30-33-36-39-42-45-48-54(59)53(51-58)57-55(60)50-52(47-44-41-38-35-32-21-18-15-12-9-6-3)62-56(61)49-46-43-40-37-34-31-28-25-23-20-17-14-11-8-5-2/h8,11,14,17,20,23,25,28,31,34,52-54,58-59H,4-7,9-10,12-13,15-16,18-19,21-22,24,26-27,29-30,32-33,35-51H2,1-3H3,(H,57,60)/b11-8+,17-14+,23-20-,28-25-,34-31+. The van der Waals surface area contributed by atoms with Gasteiger partial charge in [-0.15, -0.1) is 0 Å². The van der Waals surface area contributed by atoms with E-state index in [0.717, 1.165) is 70.6 Å². The van der Waals surface area contributed by atoms with Crippen molar-refractivity contribution in [1.82, 2.24) is 5.32 Å². The predicted molar refractivity (Wildman–Crippen MR) is 268 cm³/mol. The quantitative estimate of drug-likeness (QED) is 0.0322. The molecular weight excluding hydrogens is 767 g/mol. The molecule has 6 nitrogen and oxygen atoms in total. The number of aliphatic hydroxyl groups is 2. The van der Waals surface area contributed by atoms with E-state index in [2.05, 4.69) is 50.4 Å². The summed E-state index contributed by atoms with van der Waals surface area (Å²) in [5, 5.41) is 23.8. The molecule has 0 spiro atoms. The molecule has 6 heteroatoms. The number of allylic oxidation sites excluding steroid dienone is 10. The van der Waals surface area contributed by atoms with Crippen LogP contribution in [-0.2, 0) is 14.3 Å². The van der Waals surface area contributed by atoms with Crippen molar-refractivity contribution in [3.63, 3.8) is 0 Å². The maximum absolute atomic E-state index is 13.2. The lowest BCUT2D eigenvalue weighted by molar-refractivity contribution is -0.151. The van der Waals surface area contributed by atoms with Crippen LogP contribution < -0.4 is 5.32 Å². The molecule has 3 N–H and O–H groups in total. The molecule has 360 valence electrons. The van der Waals surface area contributed by atoms with E-state index >= 15 is 0 Å². The molecule has 0 fully saturated rings. The van der Waals surface area contributed by atoms with Gasteiger partial charge in [0.1, 0.15) is 6.10 Å². The van der Waals surface area contributed by atoms with Crippen LogP contribution >= 0.6 is 0 Å². The maximum Gasteiger partial charge on any atom is 0.306 e. The summed E-state index contributed by atoms with van der Waals surface area (Å²) in [6.07, 6.45) is 61.4. The van der Waals surface area contributed by atoms with Crippen molar-refractivity contribution in [3.8, 4) is 0 Å². The Balaban J connectivity index is 4.54. The Morgan fingerprint density at radius 1 is 0.484 bits per heavy atom. The molecule has 0 aromatic heterocycles. The van der Waals surface area contributed by atoms with Gasteiger partial charge < -0.3 is 20.3 Å². The van der Waals surface area contributed by atoms with Gasteiger partial charge in [-0.2, -0.15) is 0 Å². The molecule has 0 aliphatic heterocycles. The molecule has 0 bridgehead atoms. The lowest BCUT2D eigenvalue weighted by Gasteiger charge is -2.24. The normalized spacial score (nSPS) is 13.7. The van der Waals surface area contributed by atoms with Crippen LogP contribution in [0.1, 0.15) is 258 Å². The summed E-state index contributed by atoms with van der Waals surface area (Å²) in [7, 11) is 0. The summed E-state index contributed by atoms with van der Waals surface area (Å²) >= 11 is 0. The van der Waals surface area contributed by atoms with E-state index in [1.165, 1.54) is 141 Å². The second-order valence-corrected chi connectivity index (χ2v) is 18.0. The minimum absolute atomic E-state index is 0.0611. The zero-order chi connectivity index (χ0) is 45.2. The van der Waals surface area contributed by atoms with Gasteiger partial charge in [-0.25, -0.2) is 0 Å². The van der Waals surface area contributed by atoms with Crippen LogP contribution in [0.25, 0.3) is 0 Å². The highest BCUT2D eigenvalue weighted by molar-refractivity contribution is 5.77. The lowest BCUT2D eigenvalue weighted by Crippen LogP contribution is -2.46. The Bertz CT molecular complexity index is 1110. The fraction of sp³-hybridized carbons (Fsp3) is 0.786. The Kier molecular flexibility index (Phi) is 47.6. The van der Waals surface area contributed by atoms with E-state index in [4.69, 9.17) is 4.74 Å². The number of nitrogens with one attached hydrogen (secondary N) is 1. The first kappa shape index (κ1) is 59.6. The number of ether oxygens (including phenoxy) is 1. The monoisotopic (exact) mass is 868 g/mol. The van der Waals surface area contributed by atoms with Gasteiger partial charge in [-0.05, 0) is 44.9 Å². The minimum atomic E-state index is -0.795. The molecule has 0 heterocycles. The summed E-state index contributed by atoms with van der Waals surface area (Å²) in [6, 6.07) is -0.710. The first-order chi connectivity index (χ1) is 30.5. The fourth-order valence-corrected chi connectivity index (χ4v) is 7.98. The third-order valence-corrected chi connectivity index (χ3v) is 12.0. The van der Waals surface area contributed by atoms with E-state index in [9.17, 15) is 19.8 Å². The van der Waals surface area contributed by atoms with Gasteiger partial charge in [-0.3, -0.25) is 9.59 Å². The molecule has 1 amide bonds. The van der Waals surface area contributed by atoms with Crippen LogP contribution in [0, 0.1) is 0 Å². The zero-order valence-electron chi connectivity index (χ0n) is 41.0. The van der Waals surface area contributed by atoms with Crippen molar-refractivity contribution in [1.29, 1.82) is 0 Å². The number of hydrogen-bond acceptors (Lipinski definition) is 5. The summed E-state index contributed by atoms with van der Waals surface area (Å²) in [6.45, 7) is 6.34. The van der Waals surface area contributed by atoms with Crippen molar-refractivity contribution in [2.75, 3.05) is 6.61 Å². The average molecular weight is 868 g/mol. The first-order valence-corrected chi connectivity index (χ1v) is 26.6. The molecule has 0 aromatic carbocycles. The molecule has 0 rings (SSSR count). The highest BCUT2D eigenvalue weighted by Gasteiger charge is 2.24. The van der Waals surface area contributed by atoms with Crippen molar-refractivity contribution >= 4 is 11.9 Å². The largest absolute Gasteiger partial charge is 0.462 e. The molecule has 3 atom stereocenters. The first-order valence-electron chi connectivity index (χ1n) is 26.6. The van der Waals surface area contributed by atoms with Crippen LogP contribution in [0.15, 0.2) is 60.8 Å². The molecule has 3 unspecified atom stereocenters. The number of rotatable bonds is 47. The number of carbonyl (C=O) groups excluding carboxylic acids is 2. The topological polar surface area (TPSA) is 95.9 Å². The van der Waals surface area contributed by atoms with Crippen LogP contribution in [0.5, 0.6) is 0 Å². The summed E-state index contributed by atoms with van der Waals surface area (Å²) in [5.74, 6) is -0.517. The minimum Gasteiger partial charge on any atom is -0.462 e. The molecule has 0 aliphatic carbocycles. The van der Waals surface area contributed by atoms with Crippen LogP contribution in [-0.4, -0.2) is 46.9 Å². The van der Waals surface area contributed by atoms with E-state index in [0.29, 0.717) is 19.3 Å². The molecule has 0 saturated carbocycles. The number of amides is 1. The smallest absolute Gasteiger partial charge is 0.306 e. The molecule has 0 aromatic rings. The predicted octanol–water partition coefficient (Wildman–Crippen LogP) is 16.0. The van der Waals surface area contributed by atoms with Gasteiger partial charge in [0.05, 0.1) is 25.2 Å². The van der Waals surface area contributed by atoms with E-state index in [1.807, 2.05) is 36.5 Å². The molecule has 62 heavy (non-hydrogen) atoms. The summed E-state index contributed by atoms with van der Waals surface area (Å²) in [4.78, 5) is 26.1. The summed E-state index contributed by atoms with van der Waals surface area (Å²) < 4.78 is 5.91. The number of hydrogen-bond donors (Lipinski definition) is 3. The van der Waals surface area contributed by atoms with Gasteiger partial charge in [0.25, 0.3) is 0 Å². The van der Waals surface area contributed by atoms with Crippen molar-refractivity contribution in [2.45, 2.75) is 277 Å². The SMILES string of the molecule is CC/C=C/C=C/C=C\C=C/C=C/CCCCCC(=O)OC(CCCCCCCCCCCCC)CC(=O)NC(CO)C(O)CCCCCCCCCCCCCCCCCCC. The van der Waals surface area contributed by atoms with Crippen molar-refractivity contribution in [3.05, 3.63) is 60.8 Å². The van der Waals surface area contributed by atoms with Gasteiger partial charge in [0, 0.05) is 6.42 Å².